The number of benzene rings is 2. The van der Waals surface area contributed by atoms with Crippen molar-refractivity contribution in [2.45, 2.75) is 13.1 Å². The van der Waals surface area contributed by atoms with E-state index in [1.54, 1.807) is 19.1 Å². The molecule has 0 amide bonds. The Balaban J connectivity index is 2.03. The van der Waals surface area contributed by atoms with Crippen molar-refractivity contribution in [1.29, 1.82) is 0 Å². The lowest BCUT2D eigenvalue weighted by atomic mass is 10.1. The Morgan fingerprint density at radius 3 is 2.56 bits per heavy atom. The minimum Gasteiger partial charge on any atom is -0.507 e. The maximum Gasteiger partial charge on any atom is 0.416 e. The van der Waals surface area contributed by atoms with Gasteiger partial charge in [0.15, 0.2) is 0 Å². The van der Waals surface area contributed by atoms with E-state index in [0.29, 0.717) is 43.1 Å². The molecule has 144 valence electrons. The predicted molar refractivity (Wildman–Crippen MR) is 102 cm³/mol. The molecule has 3 rings (SSSR count). The Morgan fingerprint density at radius 2 is 1.89 bits per heavy atom. The van der Waals surface area contributed by atoms with Crippen LogP contribution in [0.25, 0.3) is 0 Å². The molecule has 0 radical (unpaired) electrons. The summed E-state index contributed by atoms with van der Waals surface area (Å²) in [4.78, 5) is 6.23. The Morgan fingerprint density at radius 1 is 1.19 bits per heavy atom. The van der Waals surface area contributed by atoms with Gasteiger partial charge in [0.1, 0.15) is 5.75 Å². The van der Waals surface area contributed by atoms with E-state index in [0.717, 1.165) is 16.6 Å². The van der Waals surface area contributed by atoms with Crippen LogP contribution in [-0.2, 0) is 10.9 Å². The van der Waals surface area contributed by atoms with Gasteiger partial charge in [-0.25, -0.2) is 0 Å². The first-order chi connectivity index (χ1) is 12.8. The first-order valence-corrected chi connectivity index (χ1v) is 9.12. The van der Waals surface area contributed by atoms with Crippen molar-refractivity contribution in [2.75, 3.05) is 31.2 Å². The van der Waals surface area contributed by atoms with Gasteiger partial charge in [-0.2, -0.15) is 13.2 Å². The number of aromatic hydroxyl groups is 1. The number of aryl methyl sites for hydroxylation is 1. The van der Waals surface area contributed by atoms with Gasteiger partial charge in [0.2, 0.25) is 0 Å². The Kier molecular flexibility index (Phi) is 5.76. The molecule has 0 saturated carbocycles. The molecule has 0 spiro atoms. The van der Waals surface area contributed by atoms with E-state index in [2.05, 4.69) is 20.9 Å². The minimum absolute atomic E-state index is 0.0434. The summed E-state index contributed by atoms with van der Waals surface area (Å²) in [7, 11) is 0. The first-order valence-electron chi connectivity index (χ1n) is 8.33. The smallest absolute Gasteiger partial charge is 0.416 e. The van der Waals surface area contributed by atoms with Gasteiger partial charge in [-0.1, -0.05) is 15.9 Å². The molecule has 0 unspecified atom stereocenters. The molecule has 4 nitrogen and oxygen atoms in total. The molecule has 2 aromatic carbocycles. The summed E-state index contributed by atoms with van der Waals surface area (Å²) in [5.41, 5.74) is 1.11. The van der Waals surface area contributed by atoms with Gasteiger partial charge in [-0.15, -0.1) is 0 Å². The lowest BCUT2D eigenvalue weighted by molar-refractivity contribution is -0.137. The molecule has 1 aliphatic rings. The zero-order chi connectivity index (χ0) is 19.6. The molecule has 1 fully saturated rings. The Hall–Kier alpha value is -2.06. The molecule has 1 saturated heterocycles. The van der Waals surface area contributed by atoms with Crippen LogP contribution in [-0.4, -0.2) is 37.6 Å². The van der Waals surface area contributed by atoms with Crippen molar-refractivity contribution < 1.29 is 23.0 Å². The van der Waals surface area contributed by atoms with Gasteiger partial charge >= 0.3 is 6.18 Å². The fraction of sp³-hybridized carbons (Fsp3) is 0.316. The number of anilines is 1. The fourth-order valence-electron chi connectivity index (χ4n) is 2.87. The molecule has 2 aromatic rings. The van der Waals surface area contributed by atoms with E-state index in [1.165, 1.54) is 12.3 Å². The van der Waals surface area contributed by atoms with E-state index < -0.39 is 11.7 Å². The predicted octanol–water partition coefficient (Wildman–Crippen LogP) is 5.07. The number of phenols is 1. The summed E-state index contributed by atoms with van der Waals surface area (Å²) in [6, 6.07) is 6.94. The van der Waals surface area contributed by atoms with Gasteiger partial charge in [-0.3, -0.25) is 4.99 Å². The fourth-order valence-corrected chi connectivity index (χ4v) is 3.46. The number of nitrogens with zero attached hydrogens (tertiary/aromatic N) is 2. The summed E-state index contributed by atoms with van der Waals surface area (Å²) in [5, 5.41) is 10.2. The van der Waals surface area contributed by atoms with Crippen LogP contribution < -0.4 is 4.90 Å². The minimum atomic E-state index is -4.46. The molecule has 0 aliphatic carbocycles. The van der Waals surface area contributed by atoms with Gasteiger partial charge < -0.3 is 14.7 Å². The molecule has 1 N–H and O–H groups in total. The van der Waals surface area contributed by atoms with E-state index in [9.17, 15) is 18.3 Å². The standard InChI is InChI=1S/C19H18BrF3N2O2/c1-12-8-15(20)9-13(18(12)26)11-24-16-10-14(19(21,22)23)2-3-17(16)25-4-6-27-7-5-25/h2-3,8-11,26H,4-7H2,1H3. The summed E-state index contributed by atoms with van der Waals surface area (Å²) >= 11 is 3.34. The number of alkyl halides is 3. The third kappa shape index (κ3) is 4.62. The van der Waals surface area contributed by atoms with Crippen molar-refractivity contribution in [3.8, 4) is 5.75 Å². The number of morpholine rings is 1. The third-order valence-electron chi connectivity index (χ3n) is 4.29. The van der Waals surface area contributed by atoms with Crippen LogP contribution in [0.4, 0.5) is 24.5 Å². The quantitative estimate of drug-likeness (QED) is 0.674. The van der Waals surface area contributed by atoms with E-state index in [4.69, 9.17) is 4.74 Å². The van der Waals surface area contributed by atoms with Gasteiger partial charge in [-0.05, 0) is 42.8 Å². The first kappa shape index (κ1) is 19.7. The Bertz CT molecular complexity index is 863. The van der Waals surface area contributed by atoms with Crippen molar-refractivity contribution in [3.05, 3.63) is 51.5 Å². The molecule has 0 aromatic heterocycles. The lowest BCUT2D eigenvalue weighted by Gasteiger charge is -2.30. The third-order valence-corrected chi connectivity index (χ3v) is 4.75. The van der Waals surface area contributed by atoms with Gasteiger partial charge in [0, 0.05) is 29.3 Å². The van der Waals surface area contributed by atoms with Gasteiger partial charge in [0.05, 0.1) is 30.2 Å². The second-order valence-corrected chi connectivity index (χ2v) is 7.14. The molecule has 8 heteroatoms. The van der Waals surface area contributed by atoms with E-state index >= 15 is 0 Å². The summed E-state index contributed by atoms with van der Waals surface area (Å²) in [6.07, 6.45) is -3.07. The summed E-state index contributed by atoms with van der Waals surface area (Å²) in [6.45, 7) is 3.91. The zero-order valence-corrected chi connectivity index (χ0v) is 16.1. The van der Waals surface area contributed by atoms with Crippen molar-refractivity contribution in [1.82, 2.24) is 0 Å². The molecule has 1 heterocycles. The van der Waals surface area contributed by atoms with Crippen LogP contribution >= 0.6 is 15.9 Å². The summed E-state index contributed by atoms with van der Waals surface area (Å²) < 4.78 is 45.5. The van der Waals surface area contributed by atoms with Gasteiger partial charge in [0.25, 0.3) is 0 Å². The second-order valence-electron chi connectivity index (χ2n) is 6.22. The van der Waals surface area contributed by atoms with E-state index in [-0.39, 0.29) is 11.4 Å². The topological polar surface area (TPSA) is 45.1 Å². The van der Waals surface area contributed by atoms with Crippen LogP contribution in [0.5, 0.6) is 5.75 Å². The second kappa shape index (κ2) is 7.90. The largest absolute Gasteiger partial charge is 0.507 e. The van der Waals surface area contributed by atoms with Crippen LogP contribution in [0.1, 0.15) is 16.7 Å². The number of ether oxygens (including phenoxy) is 1. The molecule has 27 heavy (non-hydrogen) atoms. The molecular weight excluding hydrogens is 425 g/mol. The molecule has 0 atom stereocenters. The monoisotopic (exact) mass is 442 g/mol. The average molecular weight is 443 g/mol. The number of halogens is 4. The highest BCUT2D eigenvalue weighted by Crippen LogP contribution is 2.37. The van der Waals surface area contributed by atoms with Crippen LogP contribution in [0.3, 0.4) is 0 Å². The molecular formula is C19H18BrF3N2O2. The van der Waals surface area contributed by atoms with Crippen LogP contribution in [0, 0.1) is 6.92 Å². The highest BCUT2D eigenvalue weighted by molar-refractivity contribution is 9.10. The summed E-state index contributed by atoms with van der Waals surface area (Å²) in [5.74, 6) is 0.0434. The highest BCUT2D eigenvalue weighted by Gasteiger charge is 2.31. The average Bonchev–Trinajstić information content (AvgIpc) is 2.63. The molecule has 1 aliphatic heterocycles. The highest BCUT2D eigenvalue weighted by atomic mass is 79.9. The number of rotatable bonds is 3. The lowest BCUT2D eigenvalue weighted by Crippen LogP contribution is -2.36. The number of aliphatic imine (C=N–C) groups is 1. The van der Waals surface area contributed by atoms with Crippen LogP contribution in [0.2, 0.25) is 0 Å². The Labute approximate surface area is 163 Å². The normalized spacial score (nSPS) is 15.5. The van der Waals surface area contributed by atoms with Crippen molar-refractivity contribution in [2.24, 2.45) is 4.99 Å². The number of hydrogen-bond acceptors (Lipinski definition) is 4. The molecule has 0 bridgehead atoms. The number of phenolic OH excluding ortho intramolecular Hbond substituents is 1. The van der Waals surface area contributed by atoms with Crippen molar-refractivity contribution >= 4 is 33.5 Å². The number of hydrogen-bond donors (Lipinski definition) is 1. The SMILES string of the molecule is Cc1cc(Br)cc(C=Nc2cc(C(F)(F)F)ccc2N2CCOCC2)c1O. The van der Waals surface area contributed by atoms with Crippen molar-refractivity contribution in [3.63, 3.8) is 0 Å². The maximum absolute atomic E-state index is 13.1. The maximum atomic E-state index is 13.1. The van der Waals surface area contributed by atoms with E-state index in [1.807, 2.05) is 4.90 Å². The zero-order valence-electron chi connectivity index (χ0n) is 14.6. The van der Waals surface area contributed by atoms with Crippen LogP contribution in [0.15, 0.2) is 39.8 Å².